The maximum absolute atomic E-state index is 10.4. The molecule has 3 nitrogen and oxygen atoms in total. The van der Waals surface area contributed by atoms with Crippen molar-refractivity contribution in [2.45, 2.75) is 44.3 Å². The lowest BCUT2D eigenvalue weighted by Crippen LogP contribution is -2.42. The molecule has 1 saturated heterocycles. The van der Waals surface area contributed by atoms with E-state index >= 15 is 0 Å². The van der Waals surface area contributed by atoms with E-state index in [9.17, 15) is 5.11 Å². The van der Waals surface area contributed by atoms with Gasteiger partial charge in [-0.25, -0.2) is 0 Å². The van der Waals surface area contributed by atoms with Crippen molar-refractivity contribution in [2.75, 3.05) is 6.61 Å². The molecule has 84 valence electrons. The summed E-state index contributed by atoms with van der Waals surface area (Å²) >= 11 is 0. The maximum atomic E-state index is 10.4. The van der Waals surface area contributed by atoms with Crippen LogP contribution >= 0.6 is 0 Å². The summed E-state index contributed by atoms with van der Waals surface area (Å²) in [6.07, 6.45) is 4.81. The molecule has 0 aromatic carbocycles. The molecule has 3 heteroatoms. The highest BCUT2D eigenvalue weighted by molar-refractivity contribution is 5.04. The number of rotatable bonds is 3. The van der Waals surface area contributed by atoms with Gasteiger partial charge in [-0.15, -0.1) is 0 Å². The van der Waals surface area contributed by atoms with E-state index < -0.39 is 5.60 Å². The zero-order valence-electron chi connectivity index (χ0n) is 9.11. The van der Waals surface area contributed by atoms with Gasteiger partial charge in [-0.05, 0) is 18.6 Å². The molecule has 15 heavy (non-hydrogen) atoms. The smallest absolute Gasteiger partial charge is 0.106 e. The fourth-order valence-corrected chi connectivity index (χ4v) is 2.16. The molecule has 2 rings (SSSR count). The van der Waals surface area contributed by atoms with E-state index in [0.29, 0.717) is 25.9 Å². The lowest BCUT2D eigenvalue weighted by molar-refractivity contribution is -0.105. The molecule has 1 aliphatic rings. The summed E-state index contributed by atoms with van der Waals surface area (Å²) < 4.78 is 10.8. The van der Waals surface area contributed by atoms with Gasteiger partial charge in [0.1, 0.15) is 5.76 Å². The summed E-state index contributed by atoms with van der Waals surface area (Å²) in [6.45, 7) is 2.74. The van der Waals surface area contributed by atoms with Gasteiger partial charge in [0, 0.05) is 25.9 Å². The minimum atomic E-state index is -0.642. The molecule has 0 spiro atoms. The van der Waals surface area contributed by atoms with Crippen molar-refractivity contribution in [1.82, 2.24) is 0 Å². The summed E-state index contributed by atoms with van der Waals surface area (Å²) in [5, 5.41) is 10.4. The van der Waals surface area contributed by atoms with E-state index in [0.717, 1.165) is 12.2 Å². The van der Waals surface area contributed by atoms with E-state index in [4.69, 9.17) is 9.15 Å². The number of furan rings is 1. The second-order valence-corrected chi connectivity index (χ2v) is 4.34. The molecular formula is C12H18O3. The molecule has 2 atom stereocenters. The third kappa shape index (κ3) is 2.61. The van der Waals surface area contributed by atoms with E-state index in [2.05, 4.69) is 6.92 Å². The van der Waals surface area contributed by atoms with Crippen molar-refractivity contribution < 1.29 is 14.3 Å². The molecule has 0 saturated carbocycles. The second kappa shape index (κ2) is 4.37. The Morgan fingerprint density at radius 3 is 3.13 bits per heavy atom. The highest BCUT2D eigenvalue weighted by atomic mass is 16.5. The minimum absolute atomic E-state index is 0.193. The van der Waals surface area contributed by atoms with Crippen LogP contribution in [0.5, 0.6) is 0 Å². The lowest BCUT2D eigenvalue weighted by Gasteiger charge is -2.36. The van der Waals surface area contributed by atoms with Gasteiger partial charge in [-0.2, -0.15) is 0 Å². The Balaban J connectivity index is 1.99. The van der Waals surface area contributed by atoms with Crippen LogP contribution in [0.3, 0.4) is 0 Å². The van der Waals surface area contributed by atoms with Crippen molar-refractivity contribution in [3.8, 4) is 0 Å². The monoisotopic (exact) mass is 210 g/mol. The maximum Gasteiger partial charge on any atom is 0.106 e. The molecule has 1 aromatic rings. The van der Waals surface area contributed by atoms with Gasteiger partial charge in [0.2, 0.25) is 0 Å². The molecule has 1 aliphatic heterocycles. The second-order valence-electron chi connectivity index (χ2n) is 4.34. The quantitative estimate of drug-likeness (QED) is 0.831. The van der Waals surface area contributed by atoms with Gasteiger partial charge >= 0.3 is 0 Å². The van der Waals surface area contributed by atoms with Crippen LogP contribution in [0.2, 0.25) is 0 Å². The van der Waals surface area contributed by atoms with Gasteiger partial charge in [0.25, 0.3) is 0 Å². The summed E-state index contributed by atoms with van der Waals surface area (Å²) in [6, 6.07) is 3.77. The van der Waals surface area contributed by atoms with Crippen LogP contribution < -0.4 is 0 Å². The molecule has 1 N–H and O–H groups in total. The van der Waals surface area contributed by atoms with Crippen molar-refractivity contribution in [2.24, 2.45) is 0 Å². The molecule has 2 heterocycles. The van der Waals surface area contributed by atoms with Crippen molar-refractivity contribution in [3.05, 3.63) is 24.2 Å². The first kappa shape index (κ1) is 10.7. The largest absolute Gasteiger partial charge is 0.469 e. The van der Waals surface area contributed by atoms with Crippen LogP contribution in [0.25, 0.3) is 0 Å². The van der Waals surface area contributed by atoms with Crippen LogP contribution in [0.15, 0.2) is 22.8 Å². The lowest BCUT2D eigenvalue weighted by atomic mass is 9.86. The summed E-state index contributed by atoms with van der Waals surface area (Å²) in [5.41, 5.74) is -0.642. The Morgan fingerprint density at radius 2 is 2.47 bits per heavy atom. The van der Waals surface area contributed by atoms with Gasteiger partial charge in [0.05, 0.1) is 18.0 Å². The third-order valence-corrected chi connectivity index (χ3v) is 3.07. The Morgan fingerprint density at radius 1 is 1.60 bits per heavy atom. The van der Waals surface area contributed by atoms with Gasteiger partial charge in [-0.3, -0.25) is 0 Å². The normalized spacial score (nSPS) is 31.7. The predicted molar refractivity (Wildman–Crippen MR) is 56.6 cm³/mol. The molecular weight excluding hydrogens is 192 g/mol. The summed E-state index contributed by atoms with van der Waals surface area (Å²) in [4.78, 5) is 0. The van der Waals surface area contributed by atoms with Crippen molar-refractivity contribution >= 4 is 0 Å². The van der Waals surface area contributed by atoms with Crippen LogP contribution in [-0.4, -0.2) is 23.4 Å². The topological polar surface area (TPSA) is 42.6 Å². The average molecular weight is 210 g/mol. The molecule has 0 aliphatic carbocycles. The van der Waals surface area contributed by atoms with Crippen molar-refractivity contribution in [3.63, 3.8) is 0 Å². The van der Waals surface area contributed by atoms with Crippen LogP contribution in [0, 0.1) is 0 Å². The SMILES string of the molecule is CCC1CC(O)(Cc2ccco2)CCO1. The number of ether oxygens (including phenoxy) is 1. The Bertz CT molecular complexity index is 294. The number of hydrogen-bond donors (Lipinski definition) is 1. The van der Waals surface area contributed by atoms with Gasteiger partial charge < -0.3 is 14.3 Å². The zero-order valence-corrected chi connectivity index (χ0v) is 9.11. The molecule has 1 aromatic heterocycles. The first-order valence-corrected chi connectivity index (χ1v) is 5.58. The molecule has 0 amide bonds. The van der Waals surface area contributed by atoms with Crippen LogP contribution in [0.4, 0.5) is 0 Å². The molecule has 0 bridgehead atoms. The van der Waals surface area contributed by atoms with Gasteiger partial charge in [-0.1, -0.05) is 6.92 Å². The van der Waals surface area contributed by atoms with E-state index in [1.807, 2.05) is 12.1 Å². The van der Waals surface area contributed by atoms with Crippen LogP contribution in [0.1, 0.15) is 31.9 Å². The Hall–Kier alpha value is -0.800. The first-order valence-electron chi connectivity index (χ1n) is 5.58. The molecule has 2 unspecified atom stereocenters. The minimum Gasteiger partial charge on any atom is -0.469 e. The van der Waals surface area contributed by atoms with Gasteiger partial charge in [0.15, 0.2) is 0 Å². The van der Waals surface area contributed by atoms with Crippen molar-refractivity contribution in [1.29, 1.82) is 0 Å². The first-order chi connectivity index (χ1) is 7.22. The fraction of sp³-hybridized carbons (Fsp3) is 0.667. The summed E-state index contributed by atoms with van der Waals surface area (Å²) in [5.74, 6) is 0.856. The predicted octanol–water partition coefficient (Wildman–Crippen LogP) is 2.14. The van der Waals surface area contributed by atoms with E-state index in [1.54, 1.807) is 6.26 Å². The zero-order chi connectivity index (χ0) is 10.7. The Kier molecular flexibility index (Phi) is 3.12. The fourth-order valence-electron chi connectivity index (χ4n) is 2.16. The molecule has 1 fully saturated rings. The summed E-state index contributed by atoms with van der Waals surface area (Å²) in [7, 11) is 0. The Labute approximate surface area is 90.0 Å². The van der Waals surface area contributed by atoms with E-state index in [-0.39, 0.29) is 6.10 Å². The standard InChI is InChI=1S/C12H18O3/c1-2-10-8-12(13,5-7-15-10)9-11-4-3-6-14-11/h3-4,6,10,13H,2,5,7-9H2,1H3. The number of aliphatic hydroxyl groups is 1. The third-order valence-electron chi connectivity index (χ3n) is 3.07. The highest BCUT2D eigenvalue weighted by Gasteiger charge is 2.35. The van der Waals surface area contributed by atoms with Crippen LogP contribution in [-0.2, 0) is 11.2 Å². The highest BCUT2D eigenvalue weighted by Crippen LogP contribution is 2.29. The number of hydrogen-bond acceptors (Lipinski definition) is 3. The molecule has 0 radical (unpaired) electrons. The average Bonchev–Trinajstić information content (AvgIpc) is 2.69. The van der Waals surface area contributed by atoms with E-state index in [1.165, 1.54) is 0 Å².